The van der Waals surface area contributed by atoms with E-state index in [9.17, 15) is 0 Å². The summed E-state index contributed by atoms with van der Waals surface area (Å²) in [7, 11) is 0. The molecule has 0 bridgehead atoms. The summed E-state index contributed by atoms with van der Waals surface area (Å²) in [5, 5.41) is 4.98. The van der Waals surface area contributed by atoms with Crippen LogP contribution in [-0.4, -0.2) is 19.5 Å². The molecule has 212 valence electrons. The Morgan fingerprint density at radius 2 is 1.02 bits per heavy atom. The summed E-state index contributed by atoms with van der Waals surface area (Å²) in [6, 6.07) is 49.0. The van der Waals surface area contributed by atoms with Crippen LogP contribution in [0.3, 0.4) is 0 Å². The van der Waals surface area contributed by atoms with Gasteiger partial charge in [0, 0.05) is 53.3 Å². The molecule has 3 heterocycles. The van der Waals surface area contributed by atoms with Crippen molar-refractivity contribution in [3.63, 3.8) is 0 Å². The molecule has 0 N–H and O–H groups in total. The highest BCUT2D eigenvalue weighted by molar-refractivity contribution is 7.26. The van der Waals surface area contributed by atoms with E-state index < -0.39 is 0 Å². The van der Waals surface area contributed by atoms with Gasteiger partial charge in [-0.15, -0.1) is 11.3 Å². The number of thiophene rings is 1. The lowest BCUT2D eigenvalue weighted by Crippen LogP contribution is -2.01. The number of aryl methyl sites for hydroxylation is 1. The smallest absolute Gasteiger partial charge is 0.165 e. The fourth-order valence-corrected chi connectivity index (χ4v) is 7.66. The molecule has 0 aliphatic carbocycles. The third kappa shape index (κ3) is 4.16. The first-order valence-electron chi connectivity index (χ1n) is 15.0. The van der Waals surface area contributed by atoms with E-state index in [1.807, 2.05) is 12.1 Å². The molecule has 4 nitrogen and oxygen atoms in total. The lowest BCUT2D eigenvalue weighted by Gasteiger charge is -2.12. The van der Waals surface area contributed by atoms with E-state index in [1.165, 1.54) is 42.0 Å². The van der Waals surface area contributed by atoms with E-state index in [4.69, 9.17) is 15.0 Å². The maximum absolute atomic E-state index is 5.12. The molecular formula is C40H26N4S. The van der Waals surface area contributed by atoms with Crippen LogP contribution in [0, 0.1) is 6.92 Å². The van der Waals surface area contributed by atoms with Crippen molar-refractivity contribution in [1.29, 1.82) is 0 Å². The van der Waals surface area contributed by atoms with Crippen molar-refractivity contribution in [1.82, 2.24) is 19.5 Å². The van der Waals surface area contributed by atoms with Gasteiger partial charge in [0.15, 0.2) is 17.5 Å². The third-order valence-corrected chi connectivity index (χ3v) is 9.85. The van der Waals surface area contributed by atoms with E-state index in [2.05, 4.69) is 139 Å². The number of benzene rings is 6. The number of aromatic nitrogens is 4. The summed E-state index contributed by atoms with van der Waals surface area (Å²) in [6.07, 6.45) is 0. The van der Waals surface area contributed by atoms with Crippen LogP contribution in [0.1, 0.15) is 5.56 Å². The average molecular weight is 595 g/mol. The number of nitrogens with zero attached hydrogens (tertiary/aromatic N) is 4. The first-order chi connectivity index (χ1) is 22.2. The maximum Gasteiger partial charge on any atom is 0.165 e. The van der Waals surface area contributed by atoms with Crippen LogP contribution in [-0.2, 0) is 0 Å². The van der Waals surface area contributed by atoms with Crippen LogP contribution in [0.25, 0.3) is 81.8 Å². The van der Waals surface area contributed by atoms with Crippen molar-refractivity contribution in [2.24, 2.45) is 0 Å². The van der Waals surface area contributed by atoms with Gasteiger partial charge in [0.05, 0.1) is 11.0 Å². The zero-order valence-corrected chi connectivity index (χ0v) is 25.3. The highest BCUT2D eigenvalue weighted by atomic mass is 32.1. The average Bonchev–Trinajstić information content (AvgIpc) is 3.64. The van der Waals surface area contributed by atoms with Gasteiger partial charge in [-0.25, -0.2) is 15.0 Å². The third-order valence-electron chi connectivity index (χ3n) is 8.63. The predicted octanol–water partition coefficient (Wildman–Crippen LogP) is 10.6. The fraction of sp³-hybridized carbons (Fsp3) is 0.0250. The molecule has 5 heteroatoms. The molecule has 6 aromatic carbocycles. The van der Waals surface area contributed by atoms with Crippen molar-refractivity contribution >= 4 is 53.3 Å². The number of fused-ring (bicyclic) bond motifs is 6. The van der Waals surface area contributed by atoms with Gasteiger partial charge in [-0.3, -0.25) is 0 Å². The quantitative estimate of drug-likeness (QED) is 0.204. The first-order valence-corrected chi connectivity index (χ1v) is 15.9. The summed E-state index contributed by atoms with van der Waals surface area (Å²) < 4.78 is 4.77. The maximum atomic E-state index is 5.12. The largest absolute Gasteiger partial charge is 0.309 e. The minimum absolute atomic E-state index is 0.658. The molecule has 3 aromatic heterocycles. The predicted molar refractivity (Wildman–Crippen MR) is 188 cm³/mol. The number of hydrogen-bond acceptors (Lipinski definition) is 4. The lowest BCUT2D eigenvalue weighted by atomic mass is 10.1. The fourth-order valence-electron chi connectivity index (χ4n) is 6.45. The zero-order chi connectivity index (χ0) is 29.9. The molecule has 0 amide bonds. The zero-order valence-electron chi connectivity index (χ0n) is 24.5. The van der Waals surface area contributed by atoms with Crippen LogP contribution in [0.2, 0.25) is 0 Å². The summed E-state index contributed by atoms with van der Waals surface area (Å²) in [5.74, 6) is 2.02. The summed E-state index contributed by atoms with van der Waals surface area (Å²) in [6.45, 7) is 2.10. The second-order valence-corrected chi connectivity index (χ2v) is 12.4. The molecule has 0 aliphatic rings. The van der Waals surface area contributed by atoms with Gasteiger partial charge >= 0.3 is 0 Å². The molecule has 0 aliphatic heterocycles. The van der Waals surface area contributed by atoms with Gasteiger partial charge in [-0.05, 0) is 61.0 Å². The Labute approximate surface area is 263 Å². The van der Waals surface area contributed by atoms with Crippen molar-refractivity contribution in [2.45, 2.75) is 6.92 Å². The Hall–Kier alpha value is -5.65. The standard InChI is InChI=1S/C40H26N4S/c1-25-11-2-3-12-28(25)39-41-38(42-40(43-39)33-17-10-16-32-31-15-6-9-20-36(31)45-37(32)33)26-21-23-27(24-22-26)44-34-18-7-4-13-29(34)30-14-5-8-19-35(30)44/h2-24H,1H3. The number of rotatable bonds is 4. The van der Waals surface area contributed by atoms with Crippen LogP contribution < -0.4 is 0 Å². The van der Waals surface area contributed by atoms with Crippen LogP contribution in [0.5, 0.6) is 0 Å². The van der Waals surface area contributed by atoms with Crippen LogP contribution in [0.15, 0.2) is 140 Å². The minimum atomic E-state index is 0.658. The number of para-hydroxylation sites is 2. The molecule has 9 aromatic rings. The van der Waals surface area contributed by atoms with E-state index in [1.54, 1.807) is 11.3 Å². The molecule has 0 unspecified atom stereocenters. The Balaban J connectivity index is 1.23. The summed E-state index contributed by atoms with van der Waals surface area (Å²) in [5.41, 5.74) is 7.57. The molecule has 9 rings (SSSR count). The molecule has 0 saturated carbocycles. The minimum Gasteiger partial charge on any atom is -0.309 e. The Morgan fingerprint density at radius 3 is 1.76 bits per heavy atom. The molecule has 0 saturated heterocycles. The highest BCUT2D eigenvalue weighted by Crippen LogP contribution is 2.40. The molecule has 45 heavy (non-hydrogen) atoms. The van der Waals surface area contributed by atoms with Gasteiger partial charge in [-0.1, -0.05) is 91.0 Å². The van der Waals surface area contributed by atoms with Crippen LogP contribution >= 0.6 is 11.3 Å². The van der Waals surface area contributed by atoms with Gasteiger partial charge in [0.1, 0.15) is 0 Å². The Kier molecular flexibility index (Phi) is 5.86. The van der Waals surface area contributed by atoms with E-state index in [-0.39, 0.29) is 0 Å². The monoisotopic (exact) mass is 594 g/mol. The van der Waals surface area contributed by atoms with Crippen molar-refractivity contribution < 1.29 is 0 Å². The van der Waals surface area contributed by atoms with E-state index >= 15 is 0 Å². The second-order valence-electron chi connectivity index (χ2n) is 11.3. The van der Waals surface area contributed by atoms with Crippen molar-refractivity contribution in [3.8, 4) is 39.9 Å². The van der Waals surface area contributed by atoms with E-state index in [0.717, 1.165) is 27.9 Å². The second kappa shape index (κ2) is 10.2. The van der Waals surface area contributed by atoms with Gasteiger partial charge in [0.2, 0.25) is 0 Å². The van der Waals surface area contributed by atoms with Gasteiger partial charge in [-0.2, -0.15) is 0 Å². The SMILES string of the molecule is Cc1ccccc1-c1nc(-c2ccc(-n3c4ccccc4c4ccccc43)cc2)nc(-c2cccc3c2sc2ccccc23)n1. The number of hydrogen-bond donors (Lipinski definition) is 0. The molecule has 0 fully saturated rings. The van der Waals surface area contributed by atoms with Crippen molar-refractivity contribution in [3.05, 3.63) is 145 Å². The van der Waals surface area contributed by atoms with Crippen molar-refractivity contribution in [2.75, 3.05) is 0 Å². The Bertz CT molecular complexity index is 2500. The lowest BCUT2D eigenvalue weighted by molar-refractivity contribution is 1.07. The summed E-state index contributed by atoms with van der Waals surface area (Å²) in [4.78, 5) is 15.3. The Morgan fingerprint density at radius 1 is 0.467 bits per heavy atom. The summed E-state index contributed by atoms with van der Waals surface area (Å²) >= 11 is 1.79. The normalized spacial score (nSPS) is 11.7. The topological polar surface area (TPSA) is 43.6 Å². The highest BCUT2D eigenvalue weighted by Gasteiger charge is 2.18. The first kappa shape index (κ1) is 25.8. The van der Waals surface area contributed by atoms with Gasteiger partial charge in [0.25, 0.3) is 0 Å². The molecule has 0 atom stereocenters. The molecule has 0 spiro atoms. The van der Waals surface area contributed by atoms with Gasteiger partial charge < -0.3 is 4.57 Å². The molecular weight excluding hydrogens is 569 g/mol. The van der Waals surface area contributed by atoms with E-state index in [0.29, 0.717) is 17.5 Å². The van der Waals surface area contributed by atoms with Crippen LogP contribution in [0.4, 0.5) is 0 Å². The molecule has 0 radical (unpaired) electrons.